The van der Waals surface area contributed by atoms with Crippen molar-refractivity contribution in [3.8, 4) is 16.5 Å². The molecule has 6 rings (SSSR count). The number of hydrogen-bond acceptors (Lipinski definition) is 12. The van der Waals surface area contributed by atoms with Crippen molar-refractivity contribution in [2.45, 2.75) is 104 Å². The Balaban J connectivity index is 0.879. The number of ether oxygens (including phenoxy) is 2. The number of benzene rings is 3. The van der Waals surface area contributed by atoms with Crippen molar-refractivity contribution in [3.05, 3.63) is 94.4 Å². The number of aliphatic hydroxyl groups is 1. The van der Waals surface area contributed by atoms with E-state index in [2.05, 4.69) is 20.9 Å². The summed E-state index contributed by atoms with van der Waals surface area (Å²) in [5, 5.41) is 28.3. The Labute approximate surface area is 419 Å². The normalized spacial score (nSPS) is 17.4. The highest BCUT2D eigenvalue weighted by atomic mass is 32.1. The van der Waals surface area contributed by atoms with Crippen molar-refractivity contribution in [1.29, 1.82) is 5.26 Å². The van der Waals surface area contributed by atoms with Crippen LogP contribution in [0.1, 0.15) is 82.7 Å². The molecule has 3 atom stereocenters. The Morgan fingerprint density at radius 3 is 2.34 bits per heavy atom. The largest absolute Gasteiger partial charge is 0.417 e. The van der Waals surface area contributed by atoms with E-state index in [-0.39, 0.29) is 54.9 Å². The Bertz CT molecular complexity index is 2630. The van der Waals surface area contributed by atoms with Crippen LogP contribution in [-0.2, 0) is 41.4 Å². The van der Waals surface area contributed by atoms with Crippen molar-refractivity contribution in [1.82, 2.24) is 20.5 Å². The van der Waals surface area contributed by atoms with Crippen LogP contribution in [0.4, 0.5) is 34.6 Å². The van der Waals surface area contributed by atoms with Gasteiger partial charge in [0.1, 0.15) is 30.0 Å². The van der Waals surface area contributed by atoms with Crippen LogP contribution in [0.2, 0.25) is 0 Å². The lowest BCUT2D eigenvalue weighted by Crippen LogP contribution is -2.58. The number of nitrogens with one attached hydrogen (secondary N) is 3. The van der Waals surface area contributed by atoms with Gasteiger partial charge in [-0.3, -0.25) is 24.1 Å². The molecular weight excluding hydrogens is 965 g/mol. The number of anilines is 3. The number of hydrogen-bond donors (Lipinski definition) is 4. The average molecular weight is 1020 g/mol. The van der Waals surface area contributed by atoms with Gasteiger partial charge in [0.15, 0.2) is 5.11 Å². The van der Waals surface area contributed by atoms with Gasteiger partial charge in [0, 0.05) is 51.6 Å². The summed E-state index contributed by atoms with van der Waals surface area (Å²) in [7, 11) is 0. The zero-order valence-electron chi connectivity index (χ0n) is 40.3. The van der Waals surface area contributed by atoms with Crippen LogP contribution >= 0.6 is 23.6 Å². The average Bonchev–Trinajstić information content (AvgIpc) is 3.98. The van der Waals surface area contributed by atoms with Gasteiger partial charge in [-0.1, -0.05) is 45.0 Å². The number of alkyl halides is 3. The number of likely N-dealkylation sites (tertiary alicyclic amines) is 1. The van der Waals surface area contributed by atoms with Gasteiger partial charge >= 0.3 is 6.18 Å². The molecule has 4 N–H and O–H groups in total. The third kappa shape index (κ3) is 13.1. The molecule has 2 saturated heterocycles. The van der Waals surface area contributed by atoms with Crippen LogP contribution < -0.4 is 25.8 Å². The van der Waals surface area contributed by atoms with Gasteiger partial charge in [-0.25, -0.2) is 9.37 Å². The molecule has 21 heteroatoms. The summed E-state index contributed by atoms with van der Waals surface area (Å²) < 4.78 is 67.8. The fourth-order valence-corrected chi connectivity index (χ4v) is 9.64. The summed E-state index contributed by atoms with van der Waals surface area (Å²) in [4.78, 5) is 62.9. The third-order valence-corrected chi connectivity index (χ3v) is 13.5. The fraction of sp³-hybridized carbons (Fsp3) is 0.460. The molecule has 380 valence electrons. The lowest BCUT2D eigenvalue weighted by Gasteiger charge is -2.35. The van der Waals surface area contributed by atoms with E-state index in [0.29, 0.717) is 45.1 Å². The van der Waals surface area contributed by atoms with Crippen LogP contribution in [0.15, 0.2) is 66.2 Å². The third-order valence-electron chi connectivity index (χ3n) is 12.1. The summed E-state index contributed by atoms with van der Waals surface area (Å²) >= 11 is 7.11. The first-order valence-corrected chi connectivity index (χ1v) is 24.4. The number of carbonyl (C=O) groups excluding carboxylic acids is 4. The topological polar surface area (TPSA) is 189 Å². The number of aryl methyl sites for hydroxylation is 1. The molecule has 2 fully saturated rings. The molecule has 2 aliphatic heterocycles. The number of β-amino-alcohol motifs (C(OH)–C–C–N with tert-alkyl or cyclic N) is 1. The van der Waals surface area contributed by atoms with Crippen molar-refractivity contribution >= 4 is 69.4 Å². The number of halogens is 4. The SMILES string of the molecule is Cc1ncsc1-c1ccc(CNC(=O)[C@@H]2C[C@@H](O)CN2C(=O)C(NC(=O)COCCCOCCCCNc2ccc(N3C(=S)N(c4ccc(C#N)c(C(F)(F)F)c4)C(=O)C3(C)C)cc2F)C(C)(C)C)cc1. The summed E-state index contributed by atoms with van der Waals surface area (Å²) in [5.74, 6) is -2.64. The molecule has 3 aromatic carbocycles. The van der Waals surface area contributed by atoms with Crippen molar-refractivity contribution in [2.24, 2.45) is 5.41 Å². The maximum Gasteiger partial charge on any atom is 0.417 e. The Morgan fingerprint density at radius 2 is 1.69 bits per heavy atom. The molecule has 0 aliphatic carbocycles. The maximum atomic E-state index is 15.4. The minimum atomic E-state index is -4.85. The minimum absolute atomic E-state index is 0.0467. The Hall–Kier alpha value is -6.05. The van der Waals surface area contributed by atoms with Crippen molar-refractivity contribution in [2.75, 3.05) is 54.6 Å². The number of thiazole rings is 1. The number of aromatic nitrogens is 1. The molecule has 0 radical (unpaired) electrons. The second kappa shape index (κ2) is 23.0. The second-order valence-corrected chi connectivity index (χ2v) is 20.1. The van der Waals surface area contributed by atoms with Crippen LogP contribution in [0.3, 0.4) is 0 Å². The van der Waals surface area contributed by atoms with E-state index in [1.54, 1.807) is 43.7 Å². The second-order valence-electron chi connectivity index (χ2n) is 18.9. The number of carbonyl (C=O) groups is 4. The highest BCUT2D eigenvalue weighted by Gasteiger charge is 2.51. The number of amides is 4. The fourth-order valence-electron chi connectivity index (χ4n) is 8.31. The lowest BCUT2D eigenvalue weighted by atomic mass is 9.85. The number of aliphatic hydroxyl groups excluding tert-OH is 1. The maximum absolute atomic E-state index is 15.4. The van der Waals surface area contributed by atoms with Crippen molar-refractivity contribution < 1.29 is 51.3 Å². The number of nitrogens with zero attached hydrogens (tertiary/aromatic N) is 5. The zero-order valence-corrected chi connectivity index (χ0v) is 42.0. The summed E-state index contributed by atoms with van der Waals surface area (Å²) in [6.45, 7) is 11.7. The van der Waals surface area contributed by atoms with Gasteiger partial charge in [-0.05, 0) is 105 Å². The molecule has 15 nitrogen and oxygen atoms in total. The molecule has 71 heavy (non-hydrogen) atoms. The van der Waals surface area contributed by atoms with Crippen LogP contribution in [0, 0.1) is 29.5 Å². The first-order valence-electron chi connectivity index (χ1n) is 23.1. The van der Waals surface area contributed by atoms with Crippen LogP contribution in [0.25, 0.3) is 10.4 Å². The summed E-state index contributed by atoms with van der Waals surface area (Å²) in [6.07, 6.45) is -3.91. The smallest absolute Gasteiger partial charge is 0.391 e. The van der Waals surface area contributed by atoms with Gasteiger partial charge in [0.05, 0.1) is 50.8 Å². The number of nitriles is 1. The first-order chi connectivity index (χ1) is 33.5. The lowest BCUT2D eigenvalue weighted by molar-refractivity contribution is -0.144. The highest BCUT2D eigenvalue weighted by molar-refractivity contribution is 7.81. The van der Waals surface area contributed by atoms with E-state index in [0.717, 1.165) is 32.7 Å². The number of rotatable bonds is 20. The molecule has 2 aliphatic rings. The molecule has 4 aromatic rings. The van der Waals surface area contributed by atoms with Gasteiger partial charge in [0.2, 0.25) is 17.7 Å². The van der Waals surface area contributed by atoms with E-state index >= 15 is 4.39 Å². The Morgan fingerprint density at radius 1 is 1.00 bits per heavy atom. The molecular formula is C50H58F4N8O7S2. The summed E-state index contributed by atoms with van der Waals surface area (Å²) in [5.41, 5.74) is 0.964. The zero-order chi connectivity index (χ0) is 51.8. The molecule has 0 saturated carbocycles. The van der Waals surface area contributed by atoms with Crippen LogP contribution in [0.5, 0.6) is 0 Å². The highest BCUT2D eigenvalue weighted by Crippen LogP contribution is 2.40. The summed E-state index contributed by atoms with van der Waals surface area (Å²) in [6, 6.07) is 14.5. The van der Waals surface area contributed by atoms with Gasteiger partial charge in [0.25, 0.3) is 5.91 Å². The van der Waals surface area contributed by atoms with E-state index in [9.17, 15) is 42.7 Å². The monoisotopic (exact) mass is 1020 g/mol. The number of unbranched alkanes of at least 4 members (excludes halogenated alkanes) is 1. The minimum Gasteiger partial charge on any atom is -0.391 e. The van der Waals surface area contributed by atoms with Gasteiger partial charge in [-0.2, -0.15) is 18.4 Å². The molecule has 0 bridgehead atoms. The van der Waals surface area contributed by atoms with Gasteiger partial charge < -0.3 is 40.3 Å². The van der Waals surface area contributed by atoms with Gasteiger partial charge in [-0.15, -0.1) is 11.3 Å². The molecule has 0 spiro atoms. The van der Waals surface area contributed by atoms with Crippen LogP contribution in [-0.4, -0.2) is 107 Å². The molecule has 1 aromatic heterocycles. The molecule has 4 amide bonds. The van der Waals surface area contributed by atoms with E-state index in [4.69, 9.17) is 21.7 Å². The van der Waals surface area contributed by atoms with Crippen molar-refractivity contribution in [3.63, 3.8) is 0 Å². The standard InChI is InChI=1S/C50H58F4N8O7S2/c1-30-42(71-29-58-30)32-12-10-31(11-13-32)26-57-44(65)40-24-36(63)27-60(40)45(66)43(48(2,3)4)59-41(64)28-69-21-9-20-68-19-8-7-18-56-39-17-16-35(23-38(39)51)62-47(70)61(46(67)49(62,5)6)34-15-14-33(25-55)37(22-34)50(52,53)54/h10-17,22-23,29,36,40,43,56,63H,7-9,18-21,24,26-28H2,1-6H3,(H,57,65)(H,59,64)/t36-,40+,43?/m1/s1. The predicted octanol–water partition coefficient (Wildman–Crippen LogP) is 7.49. The quantitative estimate of drug-likeness (QED) is 0.0389. The van der Waals surface area contributed by atoms with E-state index in [1.165, 1.54) is 47.9 Å². The number of thiocarbonyl (C=S) groups is 1. The van der Waals surface area contributed by atoms with E-state index in [1.807, 2.05) is 31.2 Å². The van der Waals surface area contributed by atoms with E-state index < -0.39 is 75.9 Å². The predicted molar refractivity (Wildman–Crippen MR) is 265 cm³/mol. The molecule has 3 heterocycles. The first kappa shape index (κ1) is 54.3. The Kier molecular flexibility index (Phi) is 17.6. The molecule has 1 unspecified atom stereocenters.